The number of imide groups is 1. The lowest BCUT2D eigenvalue weighted by Gasteiger charge is -2.25. The molecular formula is C18H19NO3. The van der Waals surface area contributed by atoms with E-state index in [0.717, 1.165) is 10.8 Å². The average Bonchev–Trinajstić information content (AvgIpc) is 2.74. The molecule has 114 valence electrons. The van der Waals surface area contributed by atoms with Crippen molar-refractivity contribution in [2.24, 2.45) is 5.92 Å². The number of carbonyl (C=O) groups excluding carboxylic acids is 2. The van der Waals surface area contributed by atoms with Gasteiger partial charge in [0.2, 0.25) is 0 Å². The number of aliphatic hydroxyl groups excluding tert-OH is 1. The van der Waals surface area contributed by atoms with Crippen LogP contribution in [0.1, 0.15) is 41.0 Å². The lowest BCUT2D eigenvalue weighted by molar-refractivity contribution is 0.0490. The maximum absolute atomic E-state index is 12.6. The molecule has 0 radical (unpaired) electrons. The zero-order valence-corrected chi connectivity index (χ0v) is 12.7. The van der Waals surface area contributed by atoms with Crippen molar-refractivity contribution in [3.63, 3.8) is 0 Å². The molecule has 0 aliphatic carbocycles. The van der Waals surface area contributed by atoms with E-state index in [0.29, 0.717) is 23.5 Å². The summed E-state index contributed by atoms with van der Waals surface area (Å²) in [5, 5.41) is 11.5. The van der Waals surface area contributed by atoms with E-state index in [1.807, 2.05) is 38.1 Å². The van der Waals surface area contributed by atoms with Gasteiger partial charge in [-0.2, -0.15) is 0 Å². The summed E-state index contributed by atoms with van der Waals surface area (Å²) in [6, 6.07) is 10.7. The number of amides is 2. The lowest BCUT2D eigenvalue weighted by Crippen LogP contribution is -2.42. The fourth-order valence-electron chi connectivity index (χ4n) is 3.08. The molecule has 1 heterocycles. The predicted molar refractivity (Wildman–Crippen MR) is 84.8 cm³/mol. The molecule has 4 heteroatoms. The van der Waals surface area contributed by atoms with Gasteiger partial charge in [0.05, 0.1) is 23.8 Å². The molecule has 2 aromatic carbocycles. The molecule has 3 rings (SSSR count). The zero-order valence-electron chi connectivity index (χ0n) is 12.7. The Balaban J connectivity index is 2.05. The summed E-state index contributed by atoms with van der Waals surface area (Å²) in [5.41, 5.74) is 0.872. The molecule has 4 nitrogen and oxygen atoms in total. The highest BCUT2D eigenvalue weighted by Gasteiger charge is 2.40. The molecule has 22 heavy (non-hydrogen) atoms. The molecular weight excluding hydrogens is 278 g/mol. The predicted octanol–water partition coefficient (Wildman–Crippen LogP) is 2.84. The first kappa shape index (κ1) is 14.7. The van der Waals surface area contributed by atoms with Crippen LogP contribution in [0, 0.1) is 5.92 Å². The van der Waals surface area contributed by atoms with Crippen LogP contribution in [-0.2, 0) is 0 Å². The van der Waals surface area contributed by atoms with Crippen LogP contribution in [0.4, 0.5) is 0 Å². The molecule has 0 saturated carbocycles. The minimum absolute atomic E-state index is 0.205. The second-order valence-electron chi connectivity index (χ2n) is 6.19. The summed E-state index contributed by atoms with van der Waals surface area (Å²) >= 11 is 0. The monoisotopic (exact) mass is 297 g/mol. The summed E-state index contributed by atoms with van der Waals surface area (Å²) in [5.74, 6) is -0.309. The van der Waals surface area contributed by atoms with Gasteiger partial charge in [0.25, 0.3) is 11.8 Å². The second kappa shape index (κ2) is 5.54. The number of carbonyl (C=O) groups is 2. The Labute approximate surface area is 129 Å². The van der Waals surface area contributed by atoms with Crippen LogP contribution in [0.25, 0.3) is 10.8 Å². The van der Waals surface area contributed by atoms with E-state index in [2.05, 4.69) is 0 Å². The Morgan fingerprint density at radius 3 is 1.91 bits per heavy atom. The SMILES string of the molecule is CC(C)C[C@@H](CO)N1C(=O)c2cc3ccccc3cc2C1=O. The maximum atomic E-state index is 12.6. The zero-order chi connectivity index (χ0) is 15.9. The second-order valence-corrected chi connectivity index (χ2v) is 6.19. The van der Waals surface area contributed by atoms with Crippen molar-refractivity contribution in [2.75, 3.05) is 6.61 Å². The van der Waals surface area contributed by atoms with Gasteiger partial charge < -0.3 is 5.11 Å². The van der Waals surface area contributed by atoms with E-state index >= 15 is 0 Å². The molecule has 0 fully saturated rings. The third-order valence-corrected chi connectivity index (χ3v) is 4.10. The molecule has 0 unspecified atom stereocenters. The quantitative estimate of drug-likeness (QED) is 0.883. The maximum Gasteiger partial charge on any atom is 0.261 e. The van der Waals surface area contributed by atoms with E-state index in [9.17, 15) is 14.7 Å². The summed E-state index contributed by atoms with van der Waals surface area (Å²) in [7, 11) is 0. The van der Waals surface area contributed by atoms with Crippen molar-refractivity contribution in [3.8, 4) is 0 Å². The first-order chi connectivity index (χ1) is 10.5. The Bertz CT molecular complexity index is 697. The number of hydrogen-bond acceptors (Lipinski definition) is 3. The third kappa shape index (κ3) is 2.29. The van der Waals surface area contributed by atoms with Crippen LogP contribution < -0.4 is 0 Å². The van der Waals surface area contributed by atoms with Gasteiger partial charge in [0, 0.05) is 0 Å². The molecule has 1 aliphatic heterocycles. The highest BCUT2D eigenvalue weighted by molar-refractivity contribution is 6.23. The van der Waals surface area contributed by atoms with Gasteiger partial charge in [-0.25, -0.2) is 0 Å². The number of fused-ring (bicyclic) bond motifs is 2. The van der Waals surface area contributed by atoms with Crippen LogP contribution in [0.15, 0.2) is 36.4 Å². The van der Waals surface area contributed by atoms with Gasteiger partial charge in [-0.3, -0.25) is 14.5 Å². The normalized spacial score (nSPS) is 15.7. The standard InChI is InChI=1S/C18H19NO3/c1-11(2)7-14(10-20)19-17(21)15-8-12-5-3-4-6-13(12)9-16(15)18(19)22/h3-6,8-9,11,14,20H,7,10H2,1-2H3/t14-/m0/s1. The molecule has 1 N–H and O–H groups in total. The minimum Gasteiger partial charge on any atom is -0.394 e. The molecule has 0 spiro atoms. The third-order valence-electron chi connectivity index (χ3n) is 4.10. The summed E-state index contributed by atoms with van der Waals surface area (Å²) in [4.78, 5) is 26.5. The van der Waals surface area contributed by atoms with E-state index < -0.39 is 6.04 Å². The van der Waals surface area contributed by atoms with Crippen LogP contribution in [-0.4, -0.2) is 34.5 Å². The van der Waals surface area contributed by atoms with Gasteiger partial charge in [-0.05, 0) is 35.2 Å². The van der Waals surface area contributed by atoms with Crippen molar-refractivity contribution in [1.29, 1.82) is 0 Å². The van der Waals surface area contributed by atoms with Crippen molar-refractivity contribution in [2.45, 2.75) is 26.3 Å². The molecule has 2 aromatic rings. The number of nitrogens with zero attached hydrogens (tertiary/aromatic N) is 1. The summed E-state index contributed by atoms with van der Waals surface area (Å²) in [6.07, 6.45) is 0.599. The first-order valence-electron chi connectivity index (χ1n) is 7.54. The molecule has 1 atom stereocenters. The van der Waals surface area contributed by atoms with E-state index in [4.69, 9.17) is 0 Å². The van der Waals surface area contributed by atoms with Gasteiger partial charge >= 0.3 is 0 Å². The fourth-order valence-corrected chi connectivity index (χ4v) is 3.08. The van der Waals surface area contributed by atoms with E-state index in [-0.39, 0.29) is 18.4 Å². The molecule has 2 amide bonds. The smallest absolute Gasteiger partial charge is 0.261 e. The molecule has 0 aromatic heterocycles. The lowest BCUT2D eigenvalue weighted by atomic mass is 10.0. The van der Waals surface area contributed by atoms with Crippen LogP contribution in [0.5, 0.6) is 0 Å². The topological polar surface area (TPSA) is 57.6 Å². The van der Waals surface area contributed by atoms with Gasteiger partial charge in [-0.1, -0.05) is 38.1 Å². The van der Waals surface area contributed by atoms with Crippen molar-refractivity contribution in [1.82, 2.24) is 4.90 Å². The number of hydrogen-bond donors (Lipinski definition) is 1. The Morgan fingerprint density at radius 1 is 1.00 bits per heavy atom. The van der Waals surface area contributed by atoms with Crippen molar-refractivity contribution in [3.05, 3.63) is 47.5 Å². The van der Waals surface area contributed by atoms with Crippen LogP contribution in [0.3, 0.4) is 0 Å². The van der Waals surface area contributed by atoms with Gasteiger partial charge in [0.15, 0.2) is 0 Å². The van der Waals surface area contributed by atoms with Gasteiger partial charge in [-0.15, -0.1) is 0 Å². The van der Waals surface area contributed by atoms with Gasteiger partial charge in [0.1, 0.15) is 0 Å². The largest absolute Gasteiger partial charge is 0.394 e. The number of aliphatic hydroxyl groups is 1. The minimum atomic E-state index is -0.462. The summed E-state index contributed by atoms with van der Waals surface area (Å²) < 4.78 is 0. The Morgan fingerprint density at radius 2 is 1.50 bits per heavy atom. The Hall–Kier alpha value is -2.20. The fraction of sp³-hybridized carbons (Fsp3) is 0.333. The molecule has 1 aliphatic rings. The molecule has 0 bridgehead atoms. The summed E-state index contributed by atoms with van der Waals surface area (Å²) in [6.45, 7) is 3.81. The first-order valence-corrected chi connectivity index (χ1v) is 7.54. The van der Waals surface area contributed by atoms with Crippen molar-refractivity contribution >= 4 is 22.6 Å². The van der Waals surface area contributed by atoms with Crippen molar-refractivity contribution < 1.29 is 14.7 Å². The number of benzene rings is 2. The number of rotatable bonds is 4. The van der Waals surface area contributed by atoms with Crippen LogP contribution >= 0.6 is 0 Å². The van der Waals surface area contributed by atoms with E-state index in [1.165, 1.54) is 4.90 Å². The Kier molecular flexibility index (Phi) is 3.71. The molecule has 0 saturated heterocycles. The van der Waals surface area contributed by atoms with E-state index in [1.54, 1.807) is 12.1 Å². The van der Waals surface area contributed by atoms with Crippen LogP contribution in [0.2, 0.25) is 0 Å². The average molecular weight is 297 g/mol. The highest BCUT2D eigenvalue weighted by atomic mass is 16.3. The highest BCUT2D eigenvalue weighted by Crippen LogP contribution is 2.30.